The minimum Gasteiger partial charge on any atom is -0.496 e. The number of rotatable bonds is 2. The van der Waals surface area contributed by atoms with E-state index in [0.717, 1.165) is 29.2 Å². The van der Waals surface area contributed by atoms with E-state index in [1.165, 1.54) is 29.5 Å². The van der Waals surface area contributed by atoms with E-state index in [0.29, 0.717) is 12.7 Å². The van der Waals surface area contributed by atoms with Gasteiger partial charge in [0.1, 0.15) is 5.75 Å². The molecule has 24 heavy (non-hydrogen) atoms. The molecule has 0 amide bonds. The number of benzene rings is 1. The summed E-state index contributed by atoms with van der Waals surface area (Å²) in [7, 11) is 1.78. The third-order valence-electron chi connectivity index (χ3n) is 6.27. The summed E-state index contributed by atoms with van der Waals surface area (Å²) in [5.74, 6) is 3.16. The van der Waals surface area contributed by atoms with Gasteiger partial charge in [-0.3, -0.25) is 0 Å². The molecule has 1 aliphatic heterocycles. The molecule has 1 heterocycles. The minimum absolute atomic E-state index is 0.0255. The van der Waals surface area contributed by atoms with Crippen LogP contribution in [0.1, 0.15) is 76.5 Å². The number of fused-ring (bicyclic) bond motifs is 5. The van der Waals surface area contributed by atoms with E-state index in [1.54, 1.807) is 7.11 Å². The van der Waals surface area contributed by atoms with Crippen LogP contribution < -0.4 is 14.2 Å². The smallest absolute Gasteiger partial charge is 0.231 e. The molecule has 1 aromatic carbocycles. The Morgan fingerprint density at radius 2 is 1.79 bits per heavy atom. The Morgan fingerprint density at radius 3 is 2.46 bits per heavy atom. The lowest BCUT2D eigenvalue weighted by molar-refractivity contribution is 0.170. The largest absolute Gasteiger partial charge is 0.496 e. The number of ether oxygens (including phenoxy) is 3. The molecule has 2 aliphatic carbocycles. The lowest BCUT2D eigenvalue weighted by Gasteiger charge is -2.44. The fourth-order valence-corrected chi connectivity index (χ4v) is 5.24. The van der Waals surface area contributed by atoms with Gasteiger partial charge in [0.15, 0.2) is 11.5 Å². The van der Waals surface area contributed by atoms with Gasteiger partial charge in [0, 0.05) is 22.1 Å². The minimum atomic E-state index is 0.0255. The first-order valence-corrected chi connectivity index (χ1v) is 9.08. The first-order valence-electron chi connectivity index (χ1n) is 9.08. The van der Waals surface area contributed by atoms with E-state index < -0.39 is 0 Å². The van der Waals surface area contributed by atoms with Gasteiger partial charge in [0.2, 0.25) is 6.79 Å². The highest BCUT2D eigenvalue weighted by Crippen LogP contribution is 2.64. The van der Waals surface area contributed by atoms with Gasteiger partial charge in [-0.05, 0) is 24.2 Å². The van der Waals surface area contributed by atoms with Crippen molar-refractivity contribution in [3.63, 3.8) is 0 Å². The molecular formula is C21H28O3. The molecule has 3 aliphatic rings. The molecule has 0 radical (unpaired) electrons. The van der Waals surface area contributed by atoms with Crippen molar-refractivity contribution >= 4 is 6.08 Å². The summed E-state index contributed by atoms with van der Waals surface area (Å²) in [5, 5.41) is 0. The van der Waals surface area contributed by atoms with Gasteiger partial charge in [0.05, 0.1) is 7.11 Å². The Hall–Kier alpha value is -1.64. The topological polar surface area (TPSA) is 27.7 Å². The van der Waals surface area contributed by atoms with Crippen molar-refractivity contribution in [1.82, 2.24) is 0 Å². The molecule has 1 fully saturated rings. The highest BCUT2D eigenvalue weighted by Gasteiger charge is 2.51. The predicted molar refractivity (Wildman–Crippen MR) is 96.2 cm³/mol. The van der Waals surface area contributed by atoms with Gasteiger partial charge in [-0.2, -0.15) is 0 Å². The van der Waals surface area contributed by atoms with Crippen LogP contribution in [0.25, 0.3) is 6.08 Å². The Labute approximate surface area is 145 Å². The molecule has 0 bridgehead atoms. The van der Waals surface area contributed by atoms with E-state index in [-0.39, 0.29) is 10.8 Å². The second-order valence-electron chi connectivity index (χ2n) is 8.58. The van der Waals surface area contributed by atoms with Gasteiger partial charge >= 0.3 is 0 Å². The molecule has 3 heteroatoms. The van der Waals surface area contributed by atoms with Crippen molar-refractivity contribution in [2.45, 2.75) is 65.2 Å². The summed E-state index contributed by atoms with van der Waals surface area (Å²) in [6.45, 7) is 11.8. The fraction of sp³-hybridized carbons (Fsp3) is 0.619. The first kappa shape index (κ1) is 15.9. The maximum atomic E-state index is 6.00. The van der Waals surface area contributed by atoms with Crippen molar-refractivity contribution in [2.24, 2.45) is 5.41 Å². The van der Waals surface area contributed by atoms with Crippen molar-refractivity contribution < 1.29 is 14.2 Å². The molecule has 1 aromatic rings. The molecule has 0 saturated heterocycles. The third kappa shape index (κ3) is 1.84. The first-order chi connectivity index (χ1) is 11.3. The average Bonchev–Trinajstić information content (AvgIpc) is 3.07. The molecule has 0 aromatic heterocycles. The van der Waals surface area contributed by atoms with E-state index in [1.807, 2.05) is 0 Å². The molecule has 3 nitrogen and oxygen atoms in total. The van der Waals surface area contributed by atoms with Crippen LogP contribution in [0.2, 0.25) is 0 Å². The van der Waals surface area contributed by atoms with Crippen LogP contribution in [0, 0.1) is 5.41 Å². The third-order valence-corrected chi connectivity index (χ3v) is 6.27. The summed E-state index contributed by atoms with van der Waals surface area (Å²) < 4.78 is 17.8. The fourth-order valence-electron chi connectivity index (χ4n) is 5.24. The zero-order valence-corrected chi connectivity index (χ0v) is 15.7. The van der Waals surface area contributed by atoms with Crippen molar-refractivity contribution in [3.8, 4) is 17.2 Å². The molecule has 4 rings (SSSR count). The summed E-state index contributed by atoms with van der Waals surface area (Å²) >= 11 is 0. The molecule has 0 N–H and O–H groups in total. The van der Waals surface area contributed by atoms with Crippen molar-refractivity contribution in [1.29, 1.82) is 0 Å². The number of allylic oxidation sites excluding steroid dienone is 1. The maximum absolute atomic E-state index is 6.00. The number of hydrogen-bond donors (Lipinski definition) is 0. The standard InChI is InChI=1S/C21H28O3/c1-12(2)15-17(22-6)13-10-14-20(3,4)8-7-9-21(14,5)16(13)19-18(15)23-11-24-19/h10,12H,7-9,11H2,1-6H3/t21-/m0/s1. The summed E-state index contributed by atoms with van der Waals surface area (Å²) in [6.07, 6.45) is 6.03. The Kier molecular flexibility index (Phi) is 3.26. The van der Waals surface area contributed by atoms with Gasteiger partial charge < -0.3 is 14.2 Å². The lowest BCUT2D eigenvalue weighted by Crippen LogP contribution is -2.35. The van der Waals surface area contributed by atoms with Crippen LogP contribution in [-0.4, -0.2) is 13.9 Å². The molecule has 1 saturated carbocycles. The normalized spacial score (nSPS) is 26.2. The van der Waals surface area contributed by atoms with Crippen LogP contribution in [0.5, 0.6) is 17.2 Å². The van der Waals surface area contributed by atoms with Crippen molar-refractivity contribution in [3.05, 3.63) is 22.3 Å². The maximum Gasteiger partial charge on any atom is 0.231 e. The van der Waals surface area contributed by atoms with E-state index in [4.69, 9.17) is 14.2 Å². The highest BCUT2D eigenvalue weighted by molar-refractivity contribution is 5.82. The summed E-state index contributed by atoms with van der Waals surface area (Å²) in [6, 6.07) is 0. The Bertz CT molecular complexity index is 742. The van der Waals surface area contributed by atoms with E-state index in [2.05, 4.69) is 40.7 Å². The molecule has 0 unspecified atom stereocenters. The summed E-state index contributed by atoms with van der Waals surface area (Å²) in [5.41, 5.74) is 5.41. The van der Waals surface area contributed by atoms with Gasteiger partial charge in [-0.15, -0.1) is 0 Å². The van der Waals surface area contributed by atoms with Crippen LogP contribution in [0.4, 0.5) is 0 Å². The molecule has 0 spiro atoms. The predicted octanol–water partition coefficient (Wildman–Crippen LogP) is 5.41. The van der Waals surface area contributed by atoms with E-state index in [9.17, 15) is 0 Å². The van der Waals surface area contributed by atoms with E-state index >= 15 is 0 Å². The average molecular weight is 328 g/mol. The monoisotopic (exact) mass is 328 g/mol. The molecular weight excluding hydrogens is 300 g/mol. The summed E-state index contributed by atoms with van der Waals surface area (Å²) in [4.78, 5) is 0. The Balaban J connectivity index is 2.07. The second-order valence-corrected chi connectivity index (χ2v) is 8.58. The zero-order valence-electron chi connectivity index (χ0n) is 15.7. The zero-order chi connectivity index (χ0) is 17.3. The van der Waals surface area contributed by atoms with Gasteiger partial charge in [-0.1, -0.05) is 52.7 Å². The number of hydrogen-bond acceptors (Lipinski definition) is 3. The Morgan fingerprint density at radius 1 is 1.08 bits per heavy atom. The lowest BCUT2D eigenvalue weighted by atomic mass is 9.60. The molecule has 1 atom stereocenters. The molecule has 130 valence electrons. The van der Waals surface area contributed by atoms with Crippen LogP contribution in [-0.2, 0) is 5.41 Å². The van der Waals surface area contributed by atoms with Gasteiger partial charge in [0.25, 0.3) is 0 Å². The second kappa shape index (κ2) is 4.93. The van der Waals surface area contributed by atoms with Crippen LogP contribution >= 0.6 is 0 Å². The van der Waals surface area contributed by atoms with Crippen LogP contribution in [0.15, 0.2) is 5.57 Å². The van der Waals surface area contributed by atoms with Crippen molar-refractivity contribution in [2.75, 3.05) is 13.9 Å². The SMILES string of the molecule is COc1c2c(c3c(c1C(C)C)OCO3)[C@@]1(C)CCCC(C)(C)C1=C2. The number of methoxy groups -OCH3 is 1. The van der Waals surface area contributed by atoms with Gasteiger partial charge in [-0.25, -0.2) is 0 Å². The quantitative estimate of drug-likeness (QED) is 0.726. The van der Waals surface area contributed by atoms with Crippen LogP contribution in [0.3, 0.4) is 0 Å². The highest BCUT2D eigenvalue weighted by atomic mass is 16.7.